The number of amides is 1. The van der Waals surface area contributed by atoms with Gasteiger partial charge in [0.2, 0.25) is 0 Å². The van der Waals surface area contributed by atoms with Gasteiger partial charge in [-0.1, -0.05) is 39.5 Å². The Labute approximate surface area is 121 Å². The molecule has 0 spiro atoms. The highest BCUT2D eigenvalue weighted by Gasteiger charge is 2.23. The highest BCUT2D eigenvalue weighted by atomic mass is 16.1. The van der Waals surface area contributed by atoms with E-state index in [2.05, 4.69) is 44.9 Å². The SMILES string of the molecule is CC(C)C(C)(C)CNC(=O)c1ccc(C#CCN)cc1. The molecule has 0 radical (unpaired) electrons. The van der Waals surface area contributed by atoms with Crippen molar-refractivity contribution in [3.8, 4) is 11.8 Å². The summed E-state index contributed by atoms with van der Waals surface area (Å²) in [7, 11) is 0. The molecular weight excluding hydrogens is 248 g/mol. The number of nitrogens with one attached hydrogen (secondary N) is 1. The highest BCUT2D eigenvalue weighted by molar-refractivity contribution is 5.94. The first-order chi connectivity index (χ1) is 9.36. The Morgan fingerprint density at radius 3 is 2.40 bits per heavy atom. The summed E-state index contributed by atoms with van der Waals surface area (Å²) >= 11 is 0. The lowest BCUT2D eigenvalue weighted by Crippen LogP contribution is -2.36. The molecule has 1 aromatic carbocycles. The molecule has 1 aromatic rings. The molecule has 0 bridgehead atoms. The van der Waals surface area contributed by atoms with Crippen molar-refractivity contribution in [2.45, 2.75) is 27.7 Å². The van der Waals surface area contributed by atoms with Crippen LogP contribution in [0.25, 0.3) is 0 Å². The Morgan fingerprint density at radius 1 is 1.30 bits per heavy atom. The molecule has 0 unspecified atom stereocenters. The second-order valence-corrected chi connectivity index (χ2v) is 5.91. The van der Waals surface area contributed by atoms with E-state index < -0.39 is 0 Å². The van der Waals surface area contributed by atoms with Gasteiger partial charge in [-0.15, -0.1) is 0 Å². The van der Waals surface area contributed by atoms with Crippen LogP contribution in [0.2, 0.25) is 0 Å². The Kier molecular flexibility index (Phi) is 5.79. The molecule has 1 amide bonds. The summed E-state index contributed by atoms with van der Waals surface area (Å²) in [6, 6.07) is 7.26. The van der Waals surface area contributed by atoms with Gasteiger partial charge in [0.15, 0.2) is 0 Å². The van der Waals surface area contributed by atoms with Crippen LogP contribution in [-0.2, 0) is 0 Å². The van der Waals surface area contributed by atoms with E-state index in [1.165, 1.54) is 0 Å². The predicted octanol–water partition coefficient (Wildman–Crippen LogP) is 2.41. The second-order valence-electron chi connectivity index (χ2n) is 5.91. The predicted molar refractivity (Wildman–Crippen MR) is 83.3 cm³/mol. The average molecular weight is 272 g/mol. The largest absolute Gasteiger partial charge is 0.351 e. The summed E-state index contributed by atoms with van der Waals surface area (Å²) < 4.78 is 0. The molecule has 0 atom stereocenters. The molecule has 20 heavy (non-hydrogen) atoms. The Bertz CT molecular complexity index is 504. The number of carbonyl (C=O) groups is 1. The Hall–Kier alpha value is -1.79. The second kappa shape index (κ2) is 7.12. The van der Waals surface area contributed by atoms with Crippen molar-refractivity contribution in [2.24, 2.45) is 17.1 Å². The molecule has 0 saturated carbocycles. The molecule has 0 aliphatic rings. The van der Waals surface area contributed by atoms with E-state index in [0.717, 1.165) is 5.56 Å². The van der Waals surface area contributed by atoms with E-state index in [0.29, 0.717) is 24.6 Å². The van der Waals surface area contributed by atoms with Gasteiger partial charge in [0.1, 0.15) is 0 Å². The summed E-state index contributed by atoms with van der Waals surface area (Å²) in [5.41, 5.74) is 6.93. The molecule has 0 saturated heterocycles. The average Bonchev–Trinajstić information content (AvgIpc) is 2.43. The smallest absolute Gasteiger partial charge is 0.251 e. The number of carbonyl (C=O) groups excluding carboxylic acids is 1. The molecule has 3 nitrogen and oxygen atoms in total. The minimum atomic E-state index is -0.0444. The molecule has 0 aliphatic carbocycles. The van der Waals surface area contributed by atoms with Crippen LogP contribution in [0.15, 0.2) is 24.3 Å². The maximum absolute atomic E-state index is 12.1. The van der Waals surface area contributed by atoms with Crippen LogP contribution in [0, 0.1) is 23.2 Å². The molecule has 108 valence electrons. The van der Waals surface area contributed by atoms with E-state index >= 15 is 0 Å². The van der Waals surface area contributed by atoms with Crippen LogP contribution >= 0.6 is 0 Å². The lowest BCUT2D eigenvalue weighted by atomic mass is 9.81. The Morgan fingerprint density at radius 2 is 1.90 bits per heavy atom. The van der Waals surface area contributed by atoms with Crippen LogP contribution in [0.1, 0.15) is 43.6 Å². The molecule has 1 rings (SSSR count). The summed E-state index contributed by atoms with van der Waals surface area (Å²) in [5, 5.41) is 2.99. The quantitative estimate of drug-likeness (QED) is 0.827. The van der Waals surface area contributed by atoms with Gasteiger partial charge in [-0.3, -0.25) is 4.79 Å². The first kappa shape index (κ1) is 16.3. The first-order valence-electron chi connectivity index (χ1n) is 6.94. The van der Waals surface area contributed by atoms with Gasteiger partial charge in [-0.25, -0.2) is 0 Å². The maximum atomic E-state index is 12.1. The van der Waals surface area contributed by atoms with Crippen molar-refractivity contribution < 1.29 is 4.79 Å². The molecular formula is C17H24N2O. The molecule has 3 N–H and O–H groups in total. The van der Waals surface area contributed by atoms with Crippen molar-refractivity contribution >= 4 is 5.91 Å². The van der Waals surface area contributed by atoms with Gasteiger partial charge in [-0.2, -0.15) is 0 Å². The molecule has 0 fully saturated rings. The summed E-state index contributed by atoms with van der Waals surface area (Å²) in [6.07, 6.45) is 0. The zero-order chi connectivity index (χ0) is 15.2. The van der Waals surface area contributed by atoms with Crippen molar-refractivity contribution in [3.05, 3.63) is 35.4 Å². The van der Waals surface area contributed by atoms with Gasteiger partial charge in [0.25, 0.3) is 5.91 Å². The number of hydrogen-bond donors (Lipinski definition) is 2. The van der Waals surface area contributed by atoms with Crippen molar-refractivity contribution in [1.82, 2.24) is 5.32 Å². The highest BCUT2D eigenvalue weighted by Crippen LogP contribution is 2.24. The molecule has 0 aromatic heterocycles. The van der Waals surface area contributed by atoms with Crippen LogP contribution in [-0.4, -0.2) is 19.0 Å². The summed E-state index contributed by atoms with van der Waals surface area (Å²) in [5.74, 6) is 6.19. The van der Waals surface area contributed by atoms with Crippen LogP contribution in [0.3, 0.4) is 0 Å². The van der Waals surface area contributed by atoms with Crippen molar-refractivity contribution in [1.29, 1.82) is 0 Å². The first-order valence-corrected chi connectivity index (χ1v) is 6.94. The van der Waals surface area contributed by atoms with Crippen LogP contribution in [0.5, 0.6) is 0 Å². The van der Waals surface area contributed by atoms with E-state index in [1.54, 1.807) is 12.1 Å². The molecule has 3 heteroatoms. The third-order valence-corrected chi connectivity index (χ3v) is 3.75. The zero-order valence-corrected chi connectivity index (χ0v) is 12.8. The van der Waals surface area contributed by atoms with Crippen LogP contribution in [0.4, 0.5) is 0 Å². The van der Waals surface area contributed by atoms with Crippen molar-refractivity contribution in [3.63, 3.8) is 0 Å². The normalized spacial score (nSPS) is 10.9. The van der Waals surface area contributed by atoms with E-state index in [1.807, 2.05) is 12.1 Å². The van der Waals surface area contributed by atoms with Gasteiger partial charge < -0.3 is 11.1 Å². The lowest BCUT2D eigenvalue weighted by Gasteiger charge is -2.29. The van der Waals surface area contributed by atoms with Gasteiger partial charge in [0.05, 0.1) is 6.54 Å². The third-order valence-electron chi connectivity index (χ3n) is 3.75. The van der Waals surface area contributed by atoms with Gasteiger partial charge in [-0.05, 0) is 35.6 Å². The third kappa shape index (κ3) is 4.71. The van der Waals surface area contributed by atoms with Gasteiger partial charge >= 0.3 is 0 Å². The van der Waals surface area contributed by atoms with E-state index in [9.17, 15) is 4.79 Å². The van der Waals surface area contributed by atoms with Crippen molar-refractivity contribution in [2.75, 3.05) is 13.1 Å². The maximum Gasteiger partial charge on any atom is 0.251 e. The Balaban J connectivity index is 2.65. The number of hydrogen-bond acceptors (Lipinski definition) is 2. The van der Waals surface area contributed by atoms with Crippen LogP contribution < -0.4 is 11.1 Å². The number of rotatable bonds is 4. The monoisotopic (exact) mass is 272 g/mol. The number of benzene rings is 1. The fraction of sp³-hybridized carbons (Fsp3) is 0.471. The zero-order valence-electron chi connectivity index (χ0n) is 12.8. The van der Waals surface area contributed by atoms with E-state index in [-0.39, 0.29) is 11.3 Å². The fourth-order valence-electron chi connectivity index (χ4n) is 1.47. The standard InChI is InChI=1S/C17H24N2O/c1-13(2)17(3,4)12-19-16(20)15-9-7-14(8-10-15)6-5-11-18/h7-10,13H,11-12,18H2,1-4H3,(H,19,20). The summed E-state index contributed by atoms with van der Waals surface area (Å²) in [4.78, 5) is 12.1. The molecule has 0 aliphatic heterocycles. The van der Waals surface area contributed by atoms with E-state index in [4.69, 9.17) is 5.73 Å². The van der Waals surface area contributed by atoms with Gasteiger partial charge in [0, 0.05) is 17.7 Å². The summed E-state index contributed by atoms with van der Waals surface area (Å²) in [6.45, 7) is 9.64. The fourth-order valence-corrected chi connectivity index (χ4v) is 1.47. The minimum absolute atomic E-state index is 0.0444. The number of nitrogens with two attached hydrogens (primary N) is 1. The minimum Gasteiger partial charge on any atom is -0.351 e. The lowest BCUT2D eigenvalue weighted by molar-refractivity contribution is 0.0925. The molecule has 0 heterocycles. The topological polar surface area (TPSA) is 55.1 Å².